The van der Waals surface area contributed by atoms with Crippen LogP contribution in [0, 0.1) is 20.8 Å². The molecular formula is C12H17NS. The highest BCUT2D eigenvalue weighted by molar-refractivity contribution is 7.18. The molecule has 0 bridgehead atoms. The third-order valence-electron chi connectivity index (χ3n) is 1.94. The van der Waals surface area contributed by atoms with Gasteiger partial charge in [-0.05, 0) is 38.0 Å². The molecule has 2 rings (SSSR count). The second-order valence-electron chi connectivity index (χ2n) is 3.16. The van der Waals surface area contributed by atoms with Crippen molar-refractivity contribution in [2.24, 2.45) is 0 Å². The minimum atomic E-state index is 1.15. The monoisotopic (exact) mass is 207 g/mol. The zero-order chi connectivity index (χ0) is 10.7. The van der Waals surface area contributed by atoms with Gasteiger partial charge in [0, 0.05) is 0 Å². The lowest BCUT2D eigenvalue weighted by molar-refractivity contribution is 1.31. The summed E-state index contributed by atoms with van der Waals surface area (Å²) in [4.78, 5) is 4.47. The molecule has 0 atom stereocenters. The van der Waals surface area contributed by atoms with Crippen LogP contribution >= 0.6 is 11.3 Å². The predicted molar refractivity (Wildman–Crippen MR) is 65.2 cm³/mol. The van der Waals surface area contributed by atoms with Crippen molar-refractivity contribution in [3.05, 3.63) is 28.3 Å². The van der Waals surface area contributed by atoms with Crippen molar-refractivity contribution in [2.45, 2.75) is 34.6 Å². The first-order chi connectivity index (χ1) is 6.66. The molecule has 1 heterocycles. The first-order valence-electron chi connectivity index (χ1n) is 5.01. The molecule has 0 fully saturated rings. The van der Waals surface area contributed by atoms with Crippen molar-refractivity contribution in [1.82, 2.24) is 4.98 Å². The Bertz CT molecular complexity index is 429. The minimum absolute atomic E-state index is 1.15. The largest absolute Gasteiger partial charge is 0.241 e. The third kappa shape index (κ3) is 2.13. The molecule has 0 aliphatic carbocycles. The van der Waals surface area contributed by atoms with Gasteiger partial charge >= 0.3 is 0 Å². The van der Waals surface area contributed by atoms with Crippen LogP contribution in [0.25, 0.3) is 10.2 Å². The summed E-state index contributed by atoms with van der Waals surface area (Å²) in [5.74, 6) is 0. The summed E-state index contributed by atoms with van der Waals surface area (Å²) in [6, 6.07) is 4.38. The average molecular weight is 207 g/mol. The number of hydrogen-bond donors (Lipinski definition) is 0. The number of thiazole rings is 1. The van der Waals surface area contributed by atoms with Gasteiger partial charge in [0.15, 0.2) is 0 Å². The van der Waals surface area contributed by atoms with Gasteiger partial charge in [-0.1, -0.05) is 19.9 Å². The second-order valence-corrected chi connectivity index (χ2v) is 4.40. The fourth-order valence-electron chi connectivity index (χ4n) is 1.48. The minimum Gasteiger partial charge on any atom is -0.241 e. The van der Waals surface area contributed by atoms with E-state index < -0.39 is 0 Å². The van der Waals surface area contributed by atoms with Crippen LogP contribution in [0.1, 0.15) is 30.0 Å². The highest BCUT2D eigenvalue weighted by Crippen LogP contribution is 2.25. The maximum absolute atomic E-state index is 4.47. The molecule has 14 heavy (non-hydrogen) atoms. The van der Waals surface area contributed by atoms with Crippen molar-refractivity contribution in [1.29, 1.82) is 0 Å². The molecule has 0 aliphatic heterocycles. The lowest BCUT2D eigenvalue weighted by Crippen LogP contribution is -1.78. The molecule has 1 aromatic heterocycles. The zero-order valence-corrected chi connectivity index (χ0v) is 10.3. The number of benzene rings is 1. The van der Waals surface area contributed by atoms with Gasteiger partial charge in [-0.2, -0.15) is 0 Å². The van der Waals surface area contributed by atoms with Crippen LogP contribution in [-0.2, 0) is 0 Å². The Balaban J connectivity index is 0.000000461. The summed E-state index contributed by atoms with van der Waals surface area (Å²) >= 11 is 1.77. The molecule has 0 spiro atoms. The number of aryl methyl sites for hydroxylation is 3. The Morgan fingerprint density at radius 2 is 1.71 bits per heavy atom. The molecule has 1 aromatic carbocycles. The van der Waals surface area contributed by atoms with Crippen molar-refractivity contribution in [3.8, 4) is 0 Å². The van der Waals surface area contributed by atoms with E-state index in [9.17, 15) is 0 Å². The van der Waals surface area contributed by atoms with E-state index in [2.05, 4.69) is 37.9 Å². The SMILES string of the molecule is CC.Cc1cc(C)c2nc(C)sc2c1. The lowest BCUT2D eigenvalue weighted by atomic mass is 10.1. The molecule has 0 amide bonds. The molecule has 2 aromatic rings. The van der Waals surface area contributed by atoms with E-state index in [4.69, 9.17) is 0 Å². The number of aromatic nitrogens is 1. The maximum atomic E-state index is 4.47. The van der Waals surface area contributed by atoms with Crippen LogP contribution in [0.2, 0.25) is 0 Å². The first-order valence-corrected chi connectivity index (χ1v) is 5.83. The van der Waals surface area contributed by atoms with E-state index in [1.54, 1.807) is 11.3 Å². The third-order valence-corrected chi connectivity index (χ3v) is 2.85. The highest BCUT2D eigenvalue weighted by Gasteiger charge is 2.02. The summed E-state index contributed by atoms with van der Waals surface area (Å²) in [5.41, 5.74) is 3.78. The number of hydrogen-bond acceptors (Lipinski definition) is 2. The Morgan fingerprint density at radius 1 is 1.07 bits per heavy atom. The van der Waals surface area contributed by atoms with Crippen LogP contribution < -0.4 is 0 Å². The second kappa shape index (κ2) is 4.56. The Hall–Kier alpha value is -0.890. The molecule has 1 nitrogen and oxygen atoms in total. The van der Waals surface area contributed by atoms with E-state index in [0.717, 1.165) is 5.01 Å². The first kappa shape index (κ1) is 11.2. The van der Waals surface area contributed by atoms with Gasteiger partial charge in [-0.3, -0.25) is 0 Å². The van der Waals surface area contributed by atoms with Crippen molar-refractivity contribution in [3.63, 3.8) is 0 Å². The summed E-state index contributed by atoms with van der Waals surface area (Å²) < 4.78 is 1.31. The average Bonchev–Trinajstić information content (AvgIpc) is 2.49. The number of fused-ring (bicyclic) bond motifs is 1. The van der Waals surface area contributed by atoms with Gasteiger partial charge in [0.05, 0.1) is 15.2 Å². The van der Waals surface area contributed by atoms with E-state index in [0.29, 0.717) is 0 Å². The van der Waals surface area contributed by atoms with E-state index in [1.165, 1.54) is 21.3 Å². The van der Waals surface area contributed by atoms with Gasteiger partial charge in [0.25, 0.3) is 0 Å². The summed E-state index contributed by atoms with van der Waals surface area (Å²) in [7, 11) is 0. The smallest absolute Gasteiger partial charge is 0.0907 e. The fourth-order valence-corrected chi connectivity index (χ4v) is 2.48. The molecule has 0 unspecified atom stereocenters. The summed E-state index contributed by atoms with van der Waals surface area (Å²) in [6.07, 6.45) is 0. The van der Waals surface area contributed by atoms with E-state index >= 15 is 0 Å². The molecule has 2 heteroatoms. The van der Waals surface area contributed by atoms with Gasteiger partial charge < -0.3 is 0 Å². The maximum Gasteiger partial charge on any atom is 0.0907 e. The number of nitrogens with zero attached hydrogens (tertiary/aromatic N) is 1. The van der Waals surface area contributed by atoms with Crippen molar-refractivity contribution in [2.75, 3.05) is 0 Å². The Kier molecular flexibility index (Phi) is 3.64. The molecule has 0 aliphatic rings. The Morgan fingerprint density at radius 3 is 2.36 bits per heavy atom. The standard InChI is InChI=1S/C10H11NS.C2H6/c1-6-4-7(2)10-9(5-6)12-8(3)11-10;1-2/h4-5H,1-3H3;1-2H3. The van der Waals surface area contributed by atoms with Crippen LogP contribution in [0.3, 0.4) is 0 Å². The summed E-state index contributed by atoms with van der Waals surface area (Å²) in [6.45, 7) is 10.3. The fraction of sp³-hybridized carbons (Fsp3) is 0.417. The lowest BCUT2D eigenvalue weighted by Gasteiger charge is -1.95. The zero-order valence-electron chi connectivity index (χ0n) is 9.51. The molecule has 0 radical (unpaired) electrons. The topological polar surface area (TPSA) is 12.9 Å². The predicted octanol–water partition coefficient (Wildman–Crippen LogP) is 4.25. The molecule has 76 valence electrons. The highest BCUT2D eigenvalue weighted by atomic mass is 32.1. The van der Waals surface area contributed by atoms with Crippen LogP contribution in [0.4, 0.5) is 0 Å². The Labute approximate surface area is 89.8 Å². The van der Waals surface area contributed by atoms with E-state index in [-0.39, 0.29) is 0 Å². The number of rotatable bonds is 0. The van der Waals surface area contributed by atoms with Crippen molar-refractivity contribution >= 4 is 21.6 Å². The van der Waals surface area contributed by atoms with Crippen molar-refractivity contribution < 1.29 is 0 Å². The molecule has 0 saturated carbocycles. The van der Waals surface area contributed by atoms with Gasteiger partial charge in [0.1, 0.15) is 0 Å². The molecule has 0 saturated heterocycles. The van der Waals surface area contributed by atoms with Gasteiger partial charge in [-0.15, -0.1) is 11.3 Å². The molecule has 0 N–H and O–H groups in total. The van der Waals surface area contributed by atoms with Crippen LogP contribution in [0.5, 0.6) is 0 Å². The van der Waals surface area contributed by atoms with Gasteiger partial charge in [-0.25, -0.2) is 4.98 Å². The molecular weight excluding hydrogens is 190 g/mol. The normalized spacial score (nSPS) is 9.79. The summed E-state index contributed by atoms with van der Waals surface area (Å²) in [5, 5.41) is 1.15. The van der Waals surface area contributed by atoms with Crippen LogP contribution in [0.15, 0.2) is 12.1 Å². The van der Waals surface area contributed by atoms with Crippen LogP contribution in [-0.4, -0.2) is 4.98 Å². The van der Waals surface area contributed by atoms with E-state index in [1.807, 2.05) is 13.8 Å². The quantitative estimate of drug-likeness (QED) is 0.629. The van der Waals surface area contributed by atoms with Gasteiger partial charge in [0.2, 0.25) is 0 Å².